The summed E-state index contributed by atoms with van der Waals surface area (Å²) in [7, 11) is 0. The first-order valence-corrected chi connectivity index (χ1v) is 12.2. The molecule has 1 aromatic carbocycles. The van der Waals surface area contributed by atoms with Gasteiger partial charge in [-0.3, -0.25) is 0 Å². The largest absolute Gasteiger partial charge is 0.0955 e. The van der Waals surface area contributed by atoms with Crippen molar-refractivity contribution in [2.75, 3.05) is 0 Å². The van der Waals surface area contributed by atoms with Crippen molar-refractivity contribution in [3.05, 3.63) is 87.6 Å². The second kappa shape index (κ2) is 6.72. The van der Waals surface area contributed by atoms with Crippen molar-refractivity contribution >= 4 is 5.57 Å². The van der Waals surface area contributed by atoms with Crippen molar-refractivity contribution in [1.82, 2.24) is 0 Å². The van der Waals surface area contributed by atoms with Gasteiger partial charge in [-0.25, -0.2) is 0 Å². The Hall–Kier alpha value is -2.08. The Labute approximate surface area is 196 Å². The van der Waals surface area contributed by atoms with Gasteiger partial charge >= 0.3 is 0 Å². The lowest BCUT2D eigenvalue weighted by Crippen LogP contribution is -2.58. The molecule has 0 N–H and O–H groups in total. The van der Waals surface area contributed by atoms with Crippen molar-refractivity contribution in [1.29, 1.82) is 0 Å². The van der Waals surface area contributed by atoms with Crippen LogP contribution in [0.15, 0.2) is 65.3 Å². The van der Waals surface area contributed by atoms with E-state index < -0.39 is 0 Å². The highest BCUT2D eigenvalue weighted by atomic mass is 14.7. The molecule has 0 aliphatic heterocycles. The SMILES string of the molecule is C=C(C)C1=C(C)C[C@@]2(C)[C@H](C)[C@]3(C)C(=C(C)[C@@]2(C)C1=C)C(=C)c1c(ccc(C)c1C)[C@H]3C. The summed E-state index contributed by atoms with van der Waals surface area (Å²) in [6.07, 6.45) is 1.09. The van der Waals surface area contributed by atoms with Crippen LogP contribution in [0.1, 0.15) is 90.0 Å². The Bertz CT molecular complexity index is 1160. The van der Waals surface area contributed by atoms with Crippen LogP contribution in [0.4, 0.5) is 0 Å². The second-order valence-corrected chi connectivity index (χ2v) is 11.8. The maximum absolute atomic E-state index is 4.77. The van der Waals surface area contributed by atoms with Gasteiger partial charge in [0.05, 0.1) is 0 Å². The molecule has 3 aliphatic rings. The van der Waals surface area contributed by atoms with E-state index in [1.165, 1.54) is 55.7 Å². The van der Waals surface area contributed by atoms with Crippen LogP contribution in [-0.2, 0) is 0 Å². The predicted octanol–water partition coefficient (Wildman–Crippen LogP) is 9.27. The third kappa shape index (κ3) is 2.34. The molecule has 0 aromatic heterocycles. The Morgan fingerprint density at radius 3 is 2.16 bits per heavy atom. The third-order valence-electron chi connectivity index (χ3n) is 10.8. The normalized spacial score (nSPS) is 36.7. The molecule has 0 radical (unpaired) electrons. The quantitative estimate of drug-likeness (QED) is 0.419. The fourth-order valence-electron chi connectivity index (χ4n) is 8.25. The molecule has 0 heteroatoms. The van der Waals surface area contributed by atoms with Crippen LogP contribution in [0.3, 0.4) is 0 Å². The van der Waals surface area contributed by atoms with Crippen LogP contribution in [0.5, 0.6) is 0 Å². The van der Waals surface area contributed by atoms with E-state index in [1.807, 2.05) is 0 Å². The highest BCUT2D eigenvalue weighted by Crippen LogP contribution is 2.74. The summed E-state index contributed by atoms with van der Waals surface area (Å²) in [5.74, 6) is 0.905. The van der Waals surface area contributed by atoms with Gasteiger partial charge in [-0.1, -0.05) is 83.2 Å². The van der Waals surface area contributed by atoms with E-state index in [1.54, 1.807) is 0 Å². The molecule has 0 heterocycles. The van der Waals surface area contributed by atoms with Gasteiger partial charge in [-0.15, -0.1) is 0 Å². The van der Waals surface area contributed by atoms with Crippen LogP contribution < -0.4 is 0 Å². The molecular weight excluding hydrogens is 384 g/mol. The highest BCUT2D eigenvalue weighted by molar-refractivity contribution is 5.87. The molecule has 0 spiro atoms. The number of hydrogen-bond donors (Lipinski definition) is 0. The molecule has 170 valence electrons. The Kier molecular flexibility index (Phi) is 4.85. The van der Waals surface area contributed by atoms with Gasteiger partial charge in [0, 0.05) is 10.8 Å². The lowest BCUT2D eigenvalue weighted by molar-refractivity contribution is -0.0260. The van der Waals surface area contributed by atoms with Crippen LogP contribution in [0.2, 0.25) is 0 Å². The zero-order valence-corrected chi connectivity index (χ0v) is 22.1. The zero-order valence-electron chi connectivity index (χ0n) is 22.1. The lowest BCUT2D eigenvalue weighted by atomic mass is 9.37. The minimum atomic E-state index is -0.118. The summed E-state index contributed by atoms with van der Waals surface area (Å²) in [5.41, 5.74) is 14.9. The molecule has 0 unspecified atom stereocenters. The Morgan fingerprint density at radius 2 is 1.59 bits per heavy atom. The first kappa shape index (κ1) is 23.1. The van der Waals surface area contributed by atoms with Crippen molar-refractivity contribution < 1.29 is 0 Å². The number of aryl methyl sites for hydroxylation is 1. The molecule has 4 rings (SSSR count). The fourth-order valence-corrected chi connectivity index (χ4v) is 8.25. The molecule has 32 heavy (non-hydrogen) atoms. The van der Waals surface area contributed by atoms with E-state index in [2.05, 4.69) is 87.9 Å². The van der Waals surface area contributed by atoms with E-state index in [0.29, 0.717) is 11.8 Å². The number of allylic oxidation sites excluding steroid dienone is 7. The average molecular weight is 427 g/mol. The van der Waals surface area contributed by atoms with Crippen LogP contribution in [0, 0.1) is 36.0 Å². The van der Waals surface area contributed by atoms with Crippen LogP contribution in [-0.4, -0.2) is 0 Å². The predicted molar refractivity (Wildman–Crippen MR) is 141 cm³/mol. The van der Waals surface area contributed by atoms with Gasteiger partial charge in [0.25, 0.3) is 0 Å². The molecule has 0 nitrogen and oxygen atoms in total. The maximum Gasteiger partial charge on any atom is 0.0196 e. The summed E-state index contributed by atoms with van der Waals surface area (Å²) in [6.45, 7) is 37.6. The monoisotopic (exact) mass is 426 g/mol. The summed E-state index contributed by atoms with van der Waals surface area (Å²) in [4.78, 5) is 0. The van der Waals surface area contributed by atoms with Gasteiger partial charge in [0.15, 0.2) is 0 Å². The topological polar surface area (TPSA) is 0 Å². The molecule has 0 bridgehead atoms. The molecule has 1 aromatic rings. The van der Waals surface area contributed by atoms with Crippen molar-refractivity contribution in [3.8, 4) is 0 Å². The van der Waals surface area contributed by atoms with Crippen molar-refractivity contribution in [2.24, 2.45) is 22.2 Å². The molecule has 0 amide bonds. The van der Waals surface area contributed by atoms with Crippen molar-refractivity contribution in [2.45, 2.75) is 81.6 Å². The first-order chi connectivity index (χ1) is 14.7. The molecule has 0 saturated carbocycles. The lowest BCUT2D eigenvalue weighted by Gasteiger charge is -2.67. The third-order valence-corrected chi connectivity index (χ3v) is 10.8. The molecule has 5 atom stereocenters. The van der Waals surface area contributed by atoms with Gasteiger partial charge < -0.3 is 0 Å². The minimum absolute atomic E-state index is 0.0331. The van der Waals surface area contributed by atoms with Crippen LogP contribution in [0.25, 0.3) is 5.57 Å². The van der Waals surface area contributed by atoms with Gasteiger partial charge in [-0.05, 0) is 103 Å². The van der Waals surface area contributed by atoms with Gasteiger partial charge in [-0.2, -0.15) is 0 Å². The van der Waals surface area contributed by atoms with E-state index >= 15 is 0 Å². The number of rotatable bonds is 1. The van der Waals surface area contributed by atoms with Gasteiger partial charge in [0.2, 0.25) is 0 Å². The number of hydrogen-bond acceptors (Lipinski definition) is 0. The molecule has 0 saturated heterocycles. The van der Waals surface area contributed by atoms with E-state index in [0.717, 1.165) is 12.0 Å². The molecule has 0 fully saturated rings. The standard InChI is InChI=1S/C32H42/c1-17(2)27-19(4)16-30(11)25(10)31(12)22(7)26-15-14-18(3)20(5)28(26)21(6)29(31)24(9)32(30,13)23(27)8/h14-15,22,25H,1,6,8,16H2,2-5,7,9-13H3/t22-,25+,30+,31-,32-/m1/s1. The smallest absolute Gasteiger partial charge is 0.0196 e. The minimum Gasteiger partial charge on any atom is -0.0955 e. The molecule has 3 aliphatic carbocycles. The first-order valence-electron chi connectivity index (χ1n) is 12.2. The highest BCUT2D eigenvalue weighted by Gasteiger charge is 2.64. The summed E-state index contributed by atoms with van der Waals surface area (Å²) < 4.78 is 0. The summed E-state index contributed by atoms with van der Waals surface area (Å²) in [5, 5.41) is 0. The summed E-state index contributed by atoms with van der Waals surface area (Å²) in [6, 6.07) is 4.68. The fraction of sp³-hybridized carbons (Fsp3) is 0.500. The Balaban J connectivity index is 2.12. The van der Waals surface area contributed by atoms with Crippen molar-refractivity contribution in [3.63, 3.8) is 0 Å². The maximum atomic E-state index is 4.77. The second-order valence-electron chi connectivity index (χ2n) is 11.8. The van der Waals surface area contributed by atoms with E-state index in [-0.39, 0.29) is 16.2 Å². The zero-order chi connectivity index (χ0) is 24.1. The molecular formula is C32H42. The van der Waals surface area contributed by atoms with E-state index in [9.17, 15) is 0 Å². The van der Waals surface area contributed by atoms with Crippen LogP contribution >= 0.6 is 0 Å². The van der Waals surface area contributed by atoms with Gasteiger partial charge in [0.1, 0.15) is 0 Å². The van der Waals surface area contributed by atoms with E-state index in [4.69, 9.17) is 13.2 Å². The number of benzene rings is 1. The average Bonchev–Trinajstić information content (AvgIpc) is 2.70. The Morgan fingerprint density at radius 1 is 1.00 bits per heavy atom. The summed E-state index contributed by atoms with van der Waals surface area (Å²) >= 11 is 0. The number of fused-ring (bicyclic) bond motifs is 3.